The number of carboxylic acid groups (broad SMARTS) is 1. The molecule has 2 saturated carbocycles. The maximum atomic E-state index is 11.7. The number of amides is 1. The molecule has 0 radical (unpaired) electrons. The molecule has 1 amide bonds. The number of carboxylic acids is 1. The van der Waals surface area contributed by atoms with Gasteiger partial charge in [0.2, 0.25) is 5.91 Å². The van der Waals surface area contributed by atoms with Crippen LogP contribution in [0.1, 0.15) is 56.9 Å². The third-order valence-corrected chi connectivity index (χ3v) is 6.31. The van der Waals surface area contributed by atoms with Crippen molar-refractivity contribution in [3.63, 3.8) is 0 Å². The number of rotatable bonds is 4. The normalized spacial score (nSPS) is 17.8. The maximum absolute atomic E-state index is 11.7. The van der Waals surface area contributed by atoms with E-state index in [-0.39, 0.29) is 11.8 Å². The summed E-state index contributed by atoms with van der Waals surface area (Å²) in [6, 6.07) is 6.86. The fourth-order valence-corrected chi connectivity index (χ4v) is 4.37. The molecule has 0 unspecified atom stereocenters. The fraction of sp³-hybridized carbons (Fsp3) is 0.455. The smallest absolute Gasteiger partial charge is 0.314 e. The van der Waals surface area contributed by atoms with Gasteiger partial charge >= 0.3 is 5.97 Å². The van der Waals surface area contributed by atoms with Crippen LogP contribution in [0, 0.1) is 5.92 Å². The van der Waals surface area contributed by atoms with E-state index in [0.29, 0.717) is 23.1 Å². The molecule has 6 nitrogen and oxygen atoms in total. The summed E-state index contributed by atoms with van der Waals surface area (Å²) >= 11 is 11.3. The average molecular weight is 450 g/mol. The van der Waals surface area contributed by atoms with Crippen LogP contribution in [0.3, 0.4) is 0 Å². The largest absolute Gasteiger partial charge is 0.481 e. The van der Waals surface area contributed by atoms with Gasteiger partial charge in [-0.3, -0.25) is 9.59 Å². The minimum atomic E-state index is -0.746. The monoisotopic (exact) mass is 449 g/mol. The minimum Gasteiger partial charge on any atom is -0.481 e. The number of anilines is 1. The zero-order chi connectivity index (χ0) is 21.6. The second-order valence-electron chi connectivity index (χ2n) is 7.80. The Balaban J connectivity index is 0.000000171. The molecule has 0 bridgehead atoms. The lowest BCUT2D eigenvalue weighted by Crippen LogP contribution is -2.32. The van der Waals surface area contributed by atoms with Crippen molar-refractivity contribution in [1.29, 1.82) is 0 Å². The molecule has 2 N–H and O–H groups in total. The molecule has 160 valence electrons. The Morgan fingerprint density at radius 3 is 2.03 bits per heavy atom. The highest BCUT2D eigenvalue weighted by Gasteiger charge is 2.43. The van der Waals surface area contributed by atoms with E-state index in [1.165, 1.54) is 0 Å². The molecule has 4 rings (SSSR count). The molecule has 0 spiro atoms. The Labute approximate surface area is 186 Å². The summed E-state index contributed by atoms with van der Waals surface area (Å²) in [6.07, 6.45) is 10.8. The molecule has 2 aromatic heterocycles. The van der Waals surface area contributed by atoms with Crippen molar-refractivity contribution in [2.75, 3.05) is 5.32 Å². The number of halogens is 2. The molecule has 30 heavy (non-hydrogen) atoms. The van der Waals surface area contributed by atoms with Crippen molar-refractivity contribution >= 4 is 40.8 Å². The number of aliphatic carboxylic acids is 1. The van der Waals surface area contributed by atoms with Gasteiger partial charge in [0.15, 0.2) is 0 Å². The Kier molecular flexibility index (Phi) is 7.67. The molecular weight excluding hydrogens is 425 g/mol. The van der Waals surface area contributed by atoms with Crippen LogP contribution in [0.2, 0.25) is 10.3 Å². The number of aromatic nitrogens is 2. The van der Waals surface area contributed by atoms with E-state index in [2.05, 4.69) is 15.3 Å². The Morgan fingerprint density at radius 1 is 0.933 bits per heavy atom. The number of carbonyl (C=O) groups is 2. The average Bonchev–Trinajstić information content (AvgIpc) is 3.44. The molecule has 2 heterocycles. The summed E-state index contributed by atoms with van der Waals surface area (Å²) in [5.74, 6) is -0.457. The minimum absolute atomic E-state index is 0.108. The SMILES string of the molecule is O=C(Nc1ccc(Cl)nc1)C1CCCC1.O=C(O)C1(c2ccc(Cl)nc2)CCCC1. The molecule has 8 heteroatoms. The summed E-state index contributed by atoms with van der Waals surface area (Å²) in [5.41, 5.74) is 0.769. The van der Waals surface area contributed by atoms with Gasteiger partial charge in [-0.15, -0.1) is 0 Å². The lowest BCUT2D eigenvalue weighted by molar-refractivity contribution is -0.143. The number of hydrogen-bond acceptors (Lipinski definition) is 4. The van der Waals surface area contributed by atoms with Crippen molar-refractivity contribution in [3.05, 3.63) is 52.5 Å². The van der Waals surface area contributed by atoms with Crippen molar-refractivity contribution in [2.24, 2.45) is 5.92 Å². The number of nitrogens with one attached hydrogen (secondary N) is 1. The summed E-state index contributed by atoms with van der Waals surface area (Å²) in [7, 11) is 0. The standard InChI is InChI=1S/C11H13ClN2O.C11H12ClNO2/c12-10-6-5-9(7-13-10)14-11(15)8-3-1-2-4-8;12-9-4-3-8(7-13-9)11(10(14)15)5-1-2-6-11/h5-8H,1-4H2,(H,14,15);3-4,7H,1-2,5-6H2,(H,14,15). The first-order chi connectivity index (χ1) is 14.4. The van der Waals surface area contributed by atoms with Crippen molar-refractivity contribution in [1.82, 2.24) is 9.97 Å². The molecule has 2 aromatic rings. The topological polar surface area (TPSA) is 92.2 Å². The van der Waals surface area contributed by atoms with E-state index in [1.807, 2.05) is 0 Å². The third kappa shape index (κ3) is 5.49. The fourth-order valence-electron chi connectivity index (χ4n) is 4.15. The van der Waals surface area contributed by atoms with Crippen molar-refractivity contribution < 1.29 is 14.7 Å². The van der Waals surface area contributed by atoms with E-state index in [4.69, 9.17) is 23.2 Å². The van der Waals surface area contributed by atoms with Gasteiger partial charge in [-0.1, -0.05) is 55.0 Å². The second kappa shape index (κ2) is 10.2. The van der Waals surface area contributed by atoms with Crippen LogP contribution >= 0.6 is 23.2 Å². The summed E-state index contributed by atoms with van der Waals surface area (Å²) in [4.78, 5) is 30.9. The van der Waals surface area contributed by atoms with Gasteiger partial charge in [-0.05, 0) is 49.4 Å². The predicted molar refractivity (Wildman–Crippen MR) is 117 cm³/mol. The lowest BCUT2D eigenvalue weighted by Gasteiger charge is -2.23. The molecule has 0 atom stereocenters. The quantitative estimate of drug-likeness (QED) is 0.601. The molecule has 2 aliphatic rings. The van der Waals surface area contributed by atoms with E-state index >= 15 is 0 Å². The molecular formula is C22H25Cl2N3O3. The van der Waals surface area contributed by atoms with Gasteiger partial charge in [-0.25, -0.2) is 9.97 Å². The van der Waals surface area contributed by atoms with E-state index < -0.39 is 11.4 Å². The van der Waals surface area contributed by atoms with Gasteiger partial charge in [0.05, 0.1) is 17.3 Å². The first-order valence-corrected chi connectivity index (χ1v) is 10.9. The zero-order valence-electron chi connectivity index (χ0n) is 16.6. The number of nitrogens with zero attached hydrogens (tertiary/aromatic N) is 2. The molecule has 0 saturated heterocycles. The molecule has 0 aliphatic heterocycles. The Bertz CT molecular complexity index is 858. The van der Waals surface area contributed by atoms with Crippen molar-refractivity contribution in [3.8, 4) is 0 Å². The molecule has 2 aliphatic carbocycles. The van der Waals surface area contributed by atoms with Crippen LogP contribution in [0.15, 0.2) is 36.7 Å². The number of pyridine rings is 2. The highest BCUT2D eigenvalue weighted by atomic mass is 35.5. The molecule has 2 fully saturated rings. The van der Waals surface area contributed by atoms with E-state index in [0.717, 1.165) is 49.8 Å². The van der Waals surface area contributed by atoms with Crippen LogP contribution in [-0.2, 0) is 15.0 Å². The van der Waals surface area contributed by atoms with Crippen LogP contribution in [-0.4, -0.2) is 27.0 Å². The van der Waals surface area contributed by atoms with Crippen LogP contribution in [0.25, 0.3) is 0 Å². The van der Waals surface area contributed by atoms with Gasteiger partial charge in [0.1, 0.15) is 10.3 Å². The van der Waals surface area contributed by atoms with Crippen molar-refractivity contribution in [2.45, 2.75) is 56.8 Å². The molecule has 0 aromatic carbocycles. The van der Waals surface area contributed by atoms with E-state index in [9.17, 15) is 14.7 Å². The van der Waals surface area contributed by atoms with E-state index in [1.54, 1.807) is 36.7 Å². The highest BCUT2D eigenvalue weighted by Crippen LogP contribution is 2.41. The first kappa shape index (κ1) is 22.5. The predicted octanol–water partition coefficient (Wildman–Crippen LogP) is 5.50. The number of carbonyl (C=O) groups excluding carboxylic acids is 1. The Hall–Kier alpha value is -2.18. The Morgan fingerprint density at radius 2 is 1.53 bits per heavy atom. The number of hydrogen-bond donors (Lipinski definition) is 2. The lowest BCUT2D eigenvalue weighted by atomic mass is 9.80. The van der Waals surface area contributed by atoms with Crippen LogP contribution in [0.4, 0.5) is 5.69 Å². The maximum Gasteiger partial charge on any atom is 0.314 e. The third-order valence-electron chi connectivity index (χ3n) is 5.87. The summed E-state index contributed by atoms with van der Waals surface area (Å²) < 4.78 is 0. The summed E-state index contributed by atoms with van der Waals surface area (Å²) in [6.45, 7) is 0. The van der Waals surface area contributed by atoms with Crippen LogP contribution in [0.5, 0.6) is 0 Å². The summed E-state index contributed by atoms with van der Waals surface area (Å²) in [5, 5.41) is 13.0. The second-order valence-corrected chi connectivity index (χ2v) is 8.58. The van der Waals surface area contributed by atoms with Gasteiger partial charge < -0.3 is 10.4 Å². The zero-order valence-corrected chi connectivity index (χ0v) is 18.1. The first-order valence-electron chi connectivity index (χ1n) is 10.2. The van der Waals surface area contributed by atoms with Gasteiger partial charge in [-0.2, -0.15) is 0 Å². The van der Waals surface area contributed by atoms with Gasteiger partial charge in [0.25, 0.3) is 0 Å². The highest BCUT2D eigenvalue weighted by molar-refractivity contribution is 6.29. The van der Waals surface area contributed by atoms with Crippen LogP contribution < -0.4 is 5.32 Å². The van der Waals surface area contributed by atoms with Gasteiger partial charge in [0, 0.05) is 12.1 Å².